The van der Waals surface area contributed by atoms with E-state index in [1.165, 1.54) is 42.8 Å². The highest BCUT2D eigenvalue weighted by Gasteiger charge is 2.40. The number of nitrogens with two attached hydrogens (primary N) is 1. The van der Waals surface area contributed by atoms with Crippen LogP contribution in [0.4, 0.5) is 32.0 Å². The quantitative estimate of drug-likeness (QED) is 0.0957. The number of carbonyl (C=O) groups excluding carboxylic acids is 1. The minimum absolute atomic E-state index is 0.291. The number of Topliss-reactive ketones (excluding diaryl/α,β-unsaturated/α-hetero) is 1. The summed E-state index contributed by atoms with van der Waals surface area (Å²) < 4.78 is 74.9. The van der Waals surface area contributed by atoms with Gasteiger partial charge in [-0.2, -0.15) is 26.3 Å². The molecular formula is C41H49F6N5O. The van der Waals surface area contributed by atoms with Crippen LogP contribution in [-0.4, -0.2) is 41.8 Å². The summed E-state index contributed by atoms with van der Waals surface area (Å²) in [6, 6.07) is 19.3. The Morgan fingerprint density at radius 2 is 1.51 bits per heavy atom. The molecule has 4 aliphatic rings. The van der Waals surface area contributed by atoms with E-state index in [1.807, 2.05) is 0 Å². The first kappa shape index (κ1) is 38.8. The van der Waals surface area contributed by atoms with Gasteiger partial charge in [-0.25, -0.2) is 0 Å². The van der Waals surface area contributed by atoms with Gasteiger partial charge in [0.05, 0.1) is 11.1 Å². The molecule has 2 aliphatic heterocycles. The van der Waals surface area contributed by atoms with E-state index >= 15 is 0 Å². The summed E-state index contributed by atoms with van der Waals surface area (Å²) in [4.78, 5) is 17.6. The molecule has 0 unspecified atom stereocenters. The minimum Gasteiger partial charge on any atom is -0.358 e. The van der Waals surface area contributed by atoms with Crippen LogP contribution in [0.3, 0.4) is 0 Å². The van der Waals surface area contributed by atoms with Gasteiger partial charge in [0.15, 0.2) is 0 Å². The second kappa shape index (κ2) is 16.2. The number of hydrazine groups is 1. The Kier molecular flexibility index (Phi) is 11.9. The highest BCUT2D eigenvalue weighted by Crippen LogP contribution is 2.46. The van der Waals surface area contributed by atoms with Crippen molar-refractivity contribution in [3.63, 3.8) is 0 Å². The van der Waals surface area contributed by atoms with Gasteiger partial charge in [0.25, 0.3) is 0 Å². The molecule has 286 valence electrons. The summed E-state index contributed by atoms with van der Waals surface area (Å²) in [6.45, 7) is 9.82. The van der Waals surface area contributed by atoms with E-state index < -0.39 is 23.5 Å². The standard InChI is InChI=1S/C17H19F3N2.C17H23NO.C7H7F3N2/c1-9-13-8-21-5-4-10(13)6-15-16(9)12-7-11(17(18,19)20)2-3-14(12)22-15;1-13-9-16(19)10-15-7-8-18(12-17(13)15)11-14-5-3-2-4-6-14;8-7(9,10)5-1-3-6(12-11)4-2-5/h2-3,7,9-10,13,21-22H,4-6,8H2,1H3;2-6,13,15,17H,7-12H2,1H3;1-4,12H,11H2/t9-,10-,13-;13-,15+,17+;/m10./s1. The largest absolute Gasteiger partial charge is 0.416 e. The molecule has 0 radical (unpaired) electrons. The van der Waals surface area contributed by atoms with E-state index in [4.69, 9.17) is 5.84 Å². The number of halogens is 6. The first-order valence-electron chi connectivity index (χ1n) is 18.6. The van der Waals surface area contributed by atoms with Gasteiger partial charge in [-0.05, 0) is 128 Å². The Hall–Kier alpha value is -3.87. The highest BCUT2D eigenvalue weighted by molar-refractivity contribution is 5.86. The number of carbonyl (C=O) groups is 1. The summed E-state index contributed by atoms with van der Waals surface area (Å²) in [5, 5.41) is 4.18. The number of anilines is 1. The second-order valence-corrected chi connectivity index (χ2v) is 15.3. The number of alkyl halides is 6. The molecule has 3 fully saturated rings. The van der Waals surface area contributed by atoms with Crippen molar-refractivity contribution in [1.29, 1.82) is 0 Å². The van der Waals surface area contributed by atoms with E-state index in [0.717, 1.165) is 92.1 Å². The van der Waals surface area contributed by atoms with Crippen molar-refractivity contribution >= 4 is 22.4 Å². The van der Waals surface area contributed by atoms with Crippen LogP contribution in [0, 0.1) is 29.6 Å². The maximum absolute atomic E-state index is 13.0. The molecule has 4 aromatic rings. The smallest absolute Gasteiger partial charge is 0.358 e. The summed E-state index contributed by atoms with van der Waals surface area (Å²) in [7, 11) is 0. The molecule has 1 saturated carbocycles. The summed E-state index contributed by atoms with van der Waals surface area (Å²) in [5.41, 5.74) is 5.93. The molecule has 0 spiro atoms. The molecule has 2 saturated heterocycles. The van der Waals surface area contributed by atoms with E-state index in [1.54, 1.807) is 6.07 Å². The van der Waals surface area contributed by atoms with Gasteiger partial charge < -0.3 is 15.7 Å². The van der Waals surface area contributed by atoms with Crippen molar-refractivity contribution in [2.45, 2.75) is 70.8 Å². The van der Waals surface area contributed by atoms with Gasteiger partial charge in [0, 0.05) is 48.2 Å². The monoisotopic (exact) mass is 741 g/mol. The van der Waals surface area contributed by atoms with Crippen LogP contribution < -0.4 is 16.6 Å². The van der Waals surface area contributed by atoms with E-state index in [0.29, 0.717) is 41.1 Å². The van der Waals surface area contributed by atoms with E-state index in [-0.39, 0.29) is 0 Å². The predicted molar refractivity (Wildman–Crippen MR) is 196 cm³/mol. The summed E-state index contributed by atoms with van der Waals surface area (Å²) in [5.74, 6) is 8.88. The SMILES string of the molecule is C[C@H]1CC(=O)C[C@H]2CCN(Cc3ccccc3)C[C@@H]21.C[C@H]1c2c([nH]c3ccc(C(F)(F)F)cc23)C[C@H]2CCNC[C@@H]21.NNc1ccc(C(F)(F)F)cc1. The number of likely N-dealkylation sites (tertiary alicyclic amines) is 1. The highest BCUT2D eigenvalue weighted by atomic mass is 19.4. The fraction of sp³-hybridized carbons (Fsp3) is 0.488. The number of aromatic nitrogens is 1. The zero-order valence-corrected chi connectivity index (χ0v) is 30.2. The molecule has 8 rings (SSSR count). The normalized spacial score (nSPS) is 25.9. The number of rotatable bonds is 3. The average molecular weight is 742 g/mol. The van der Waals surface area contributed by atoms with Crippen LogP contribution in [0.5, 0.6) is 0 Å². The molecule has 53 heavy (non-hydrogen) atoms. The van der Waals surface area contributed by atoms with Crippen LogP contribution in [0.1, 0.15) is 73.4 Å². The number of nitrogens with one attached hydrogen (secondary N) is 3. The van der Waals surface area contributed by atoms with Gasteiger partial charge >= 0.3 is 12.4 Å². The lowest BCUT2D eigenvalue weighted by atomic mass is 9.68. The van der Waals surface area contributed by atoms with E-state index in [9.17, 15) is 31.1 Å². The summed E-state index contributed by atoms with van der Waals surface area (Å²) >= 11 is 0. The predicted octanol–water partition coefficient (Wildman–Crippen LogP) is 9.19. The van der Waals surface area contributed by atoms with Crippen molar-refractivity contribution in [2.75, 3.05) is 31.6 Å². The first-order chi connectivity index (χ1) is 25.2. The molecule has 2 aliphatic carbocycles. The number of fused-ring (bicyclic) bond motifs is 5. The number of nitrogen functional groups attached to an aromatic ring is 1. The molecule has 3 heterocycles. The Labute approximate surface area is 306 Å². The number of nitrogens with zero attached hydrogens (tertiary/aromatic N) is 1. The maximum Gasteiger partial charge on any atom is 0.416 e. The first-order valence-corrected chi connectivity index (χ1v) is 18.6. The fourth-order valence-corrected chi connectivity index (χ4v) is 9.00. The van der Waals surface area contributed by atoms with Crippen LogP contribution in [0.25, 0.3) is 10.9 Å². The number of ketones is 1. The second-order valence-electron chi connectivity index (χ2n) is 15.3. The number of hydrogen-bond donors (Lipinski definition) is 4. The Morgan fingerprint density at radius 1 is 0.830 bits per heavy atom. The van der Waals surface area contributed by atoms with Gasteiger partial charge in [-0.1, -0.05) is 44.2 Å². The molecular weight excluding hydrogens is 692 g/mol. The van der Waals surface area contributed by atoms with Gasteiger partial charge in [0.1, 0.15) is 5.78 Å². The molecule has 3 aromatic carbocycles. The summed E-state index contributed by atoms with van der Waals surface area (Å²) in [6.07, 6.45) is -3.61. The molecule has 0 amide bonds. The van der Waals surface area contributed by atoms with Crippen LogP contribution in [0.15, 0.2) is 72.8 Å². The van der Waals surface area contributed by atoms with Crippen molar-refractivity contribution < 1.29 is 31.1 Å². The molecule has 5 N–H and O–H groups in total. The Bertz CT molecular complexity index is 1820. The maximum atomic E-state index is 13.0. The van der Waals surface area contributed by atoms with Crippen molar-refractivity contribution in [1.82, 2.24) is 15.2 Å². The van der Waals surface area contributed by atoms with Crippen molar-refractivity contribution in [3.05, 3.63) is 101 Å². The fourth-order valence-electron chi connectivity index (χ4n) is 9.00. The van der Waals surface area contributed by atoms with Crippen molar-refractivity contribution in [3.8, 4) is 0 Å². The third-order valence-corrected chi connectivity index (χ3v) is 11.8. The van der Waals surface area contributed by atoms with Crippen LogP contribution >= 0.6 is 0 Å². The zero-order chi connectivity index (χ0) is 37.9. The molecule has 12 heteroatoms. The molecule has 0 bridgehead atoms. The number of H-pyrrole nitrogens is 1. The lowest BCUT2D eigenvalue weighted by Gasteiger charge is -2.44. The van der Waals surface area contributed by atoms with Gasteiger partial charge in [-0.3, -0.25) is 15.5 Å². The average Bonchev–Trinajstić information content (AvgIpc) is 3.50. The topological polar surface area (TPSA) is 86.2 Å². The van der Waals surface area contributed by atoms with Crippen LogP contribution in [-0.2, 0) is 30.1 Å². The molecule has 1 aromatic heterocycles. The number of piperidine rings is 2. The van der Waals surface area contributed by atoms with Gasteiger partial charge in [0.2, 0.25) is 0 Å². The number of hydrogen-bond acceptors (Lipinski definition) is 5. The number of benzene rings is 3. The molecule has 6 nitrogen and oxygen atoms in total. The third-order valence-electron chi connectivity index (χ3n) is 11.8. The zero-order valence-electron chi connectivity index (χ0n) is 30.2. The lowest BCUT2D eigenvalue weighted by Crippen LogP contribution is -2.46. The minimum atomic E-state index is -4.29. The molecule has 6 atom stereocenters. The lowest BCUT2D eigenvalue weighted by molar-refractivity contribution is -0.138. The van der Waals surface area contributed by atoms with E-state index in [2.05, 4.69) is 64.8 Å². The Morgan fingerprint density at radius 3 is 2.19 bits per heavy atom. The third kappa shape index (κ3) is 9.27. The number of aromatic amines is 1. The van der Waals surface area contributed by atoms with Crippen LogP contribution in [0.2, 0.25) is 0 Å². The Balaban J connectivity index is 0.000000142. The van der Waals surface area contributed by atoms with Gasteiger partial charge in [-0.15, -0.1) is 0 Å². The van der Waals surface area contributed by atoms with Crippen molar-refractivity contribution in [2.24, 2.45) is 35.4 Å².